The Morgan fingerprint density at radius 2 is 2.46 bits per heavy atom. The van der Waals surface area contributed by atoms with Crippen LogP contribution in [0.5, 0.6) is 0 Å². The summed E-state index contributed by atoms with van der Waals surface area (Å²) in [5, 5.41) is 12.9. The Kier molecular flexibility index (Phi) is 3.84. The molecular formula is C8H12N4O. The third kappa shape index (κ3) is 3.62. The van der Waals surface area contributed by atoms with E-state index < -0.39 is 0 Å². The van der Waals surface area contributed by atoms with Crippen LogP contribution in [0.15, 0.2) is 18.3 Å². The molecule has 2 N–H and O–H groups in total. The van der Waals surface area contributed by atoms with Gasteiger partial charge in [0.25, 0.3) is 0 Å². The first-order chi connectivity index (χ1) is 6.33. The second-order valence-corrected chi connectivity index (χ2v) is 2.44. The van der Waals surface area contributed by atoms with Crippen molar-refractivity contribution in [1.29, 1.82) is 0 Å². The van der Waals surface area contributed by atoms with E-state index in [0.29, 0.717) is 12.4 Å². The van der Waals surface area contributed by atoms with Crippen LogP contribution in [0.25, 0.3) is 0 Å². The van der Waals surface area contributed by atoms with E-state index in [1.54, 1.807) is 18.3 Å². The number of carbonyl (C=O) groups excluding carboxylic acids is 1. The van der Waals surface area contributed by atoms with Crippen LogP contribution in [-0.2, 0) is 4.79 Å². The van der Waals surface area contributed by atoms with Gasteiger partial charge in [0.05, 0.1) is 6.54 Å². The molecule has 70 valence electrons. The van der Waals surface area contributed by atoms with Crippen molar-refractivity contribution in [3.63, 3.8) is 0 Å². The smallest absolute Gasteiger partial charge is 0.239 e. The number of anilines is 1. The molecule has 5 nitrogen and oxygen atoms in total. The SMILES string of the molecule is CCNCC(=O)Nc1cccnn1. The fraction of sp³-hybridized carbons (Fsp3) is 0.375. The molecule has 0 aromatic carbocycles. The maximum Gasteiger partial charge on any atom is 0.239 e. The molecular weight excluding hydrogens is 168 g/mol. The zero-order valence-electron chi connectivity index (χ0n) is 7.45. The molecule has 1 heterocycles. The number of carbonyl (C=O) groups is 1. The zero-order valence-corrected chi connectivity index (χ0v) is 7.45. The minimum Gasteiger partial charge on any atom is -0.309 e. The molecule has 0 aliphatic rings. The van der Waals surface area contributed by atoms with Gasteiger partial charge in [0.2, 0.25) is 5.91 Å². The Labute approximate surface area is 76.6 Å². The topological polar surface area (TPSA) is 66.9 Å². The summed E-state index contributed by atoms with van der Waals surface area (Å²) < 4.78 is 0. The largest absolute Gasteiger partial charge is 0.309 e. The van der Waals surface area contributed by atoms with Crippen molar-refractivity contribution in [1.82, 2.24) is 15.5 Å². The number of aromatic nitrogens is 2. The number of hydrogen-bond acceptors (Lipinski definition) is 4. The minimum atomic E-state index is -0.109. The molecule has 0 fully saturated rings. The Balaban J connectivity index is 2.37. The van der Waals surface area contributed by atoms with Crippen molar-refractivity contribution < 1.29 is 4.79 Å². The predicted molar refractivity (Wildman–Crippen MR) is 49.2 cm³/mol. The molecule has 13 heavy (non-hydrogen) atoms. The summed E-state index contributed by atoms with van der Waals surface area (Å²) in [6, 6.07) is 3.41. The molecule has 0 spiro atoms. The van der Waals surface area contributed by atoms with E-state index in [4.69, 9.17) is 0 Å². The van der Waals surface area contributed by atoms with Crippen molar-refractivity contribution in [2.75, 3.05) is 18.4 Å². The van der Waals surface area contributed by atoms with Crippen LogP contribution in [0, 0.1) is 0 Å². The lowest BCUT2D eigenvalue weighted by Crippen LogP contribution is -2.28. The van der Waals surface area contributed by atoms with E-state index in [0.717, 1.165) is 6.54 Å². The zero-order chi connectivity index (χ0) is 9.52. The van der Waals surface area contributed by atoms with Crippen LogP contribution < -0.4 is 10.6 Å². The molecule has 0 saturated carbocycles. The fourth-order valence-electron chi connectivity index (χ4n) is 0.794. The Bertz CT molecular complexity index is 262. The third-order valence-electron chi connectivity index (χ3n) is 1.38. The standard InChI is InChI=1S/C8H12N4O/c1-2-9-6-8(13)11-7-4-3-5-10-12-7/h3-5,9H,2,6H2,1H3,(H,11,12,13). The lowest BCUT2D eigenvalue weighted by atomic mass is 10.5. The minimum absolute atomic E-state index is 0.109. The second-order valence-electron chi connectivity index (χ2n) is 2.44. The van der Waals surface area contributed by atoms with Crippen molar-refractivity contribution in [3.8, 4) is 0 Å². The van der Waals surface area contributed by atoms with E-state index in [-0.39, 0.29) is 5.91 Å². The molecule has 1 aromatic rings. The Morgan fingerprint density at radius 1 is 1.62 bits per heavy atom. The molecule has 0 saturated heterocycles. The number of rotatable bonds is 4. The number of nitrogens with one attached hydrogen (secondary N) is 2. The predicted octanol–water partition coefficient (Wildman–Crippen LogP) is 0.0246. The lowest BCUT2D eigenvalue weighted by molar-refractivity contribution is -0.115. The average molecular weight is 180 g/mol. The summed E-state index contributed by atoms with van der Waals surface area (Å²) in [5.41, 5.74) is 0. The van der Waals surface area contributed by atoms with Gasteiger partial charge in [-0.05, 0) is 18.7 Å². The number of likely N-dealkylation sites (N-methyl/N-ethyl adjacent to an activating group) is 1. The van der Waals surface area contributed by atoms with E-state index in [1.165, 1.54) is 0 Å². The van der Waals surface area contributed by atoms with Gasteiger partial charge in [-0.15, -0.1) is 5.10 Å². The Hall–Kier alpha value is -1.49. The fourth-order valence-corrected chi connectivity index (χ4v) is 0.794. The van der Waals surface area contributed by atoms with Crippen LogP contribution in [0.3, 0.4) is 0 Å². The summed E-state index contributed by atoms with van der Waals surface area (Å²) in [6.45, 7) is 3.01. The third-order valence-corrected chi connectivity index (χ3v) is 1.38. The van der Waals surface area contributed by atoms with Crippen molar-refractivity contribution in [2.45, 2.75) is 6.92 Å². The molecule has 0 aliphatic heterocycles. The van der Waals surface area contributed by atoms with Gasteiger partial charge in [0.15, 0.2) is 5.82 Å². The molecule has 0 unspecified atom stereocenters. The summed E-state index contributed by atoms with van der Waals surface area (Å²) in [5.74, 6) is 0.368. The highest BCUT2D eigenvalue weighted by molar-refractivity contribution is 5.91. The van der Waals surface area contributed by atoms with E-state index in [2.05, 4.69) is 20.8 Å². The van der Waals surface area contributed by atoms with Crippen LogP contribution in [-0.4, -0.2) is 29.2 Å². The monoisotopic (exact) mass is 180 g/mol. The van der Waals surface area contributed by atoms with Gasteiger partial charge < -0.3 is 10.6 Å². The highest BCUT2D eigenvalue weighted by atomic mass is 16.1. The van der Waals surface area contributed by atoms with Gasteiger partial charge in [-0.25, -0.2) is 0 Å². The van der Waals surface area contributed by atoms with Gasteiger partial charge in [-0.2, -0.15) is 5.10 Å². The van der Waals surface area contributed by atoms with E-state index in [1.807, 2.05) is 6.92 Å². The lowest BCUT2D eigenvalue weighted by Gasteiger charge is -2.02. The highest BCUT2D eigenvalue weighted by Gasteiger charge is 2.00. The van der Waals surface area contributed by atoms with Crippen LogP contribution in [0.2, 0.25) is 0 Å². The summed E-state index contributed by atoms with van der Waals surface area (Å²) in [4.78, 5) is 11.1. The molecule has 1 amide bonds. The van der Waals surface area contributed by atoms with Gasteiger partial charge >= 0.3 is 0 Å². The van der Waals surface area contributed by atoms with Gasteiger partial charge in [0.1, 0.15) is 0 Å². The molecule has 0 aliphatic carbocycles. The molecule has 5 heteroatoms. The van der Waals surface area contributed by atoms with Crippen molar-refractivity contribution in [3.05, 3.63) is 18.3 Å². The van der Waals surface area contributed by atoms with Crippen molar-refractivity contribution in [2.24, 2.45) is 0 Å². The average Bonchev–Trinajstić information content (AvgIpc) is 2.16. The summed E-state index contributed by atoms with van der Waals surface area (Å²) >= 11 is 0. The summed E-state index contributed by atoms with van der Waals surface area (Å²) in [7, 11) is 0. The maximum atomic E-state index is 11.1. The van der Waals surface area contributed by atoms with E-state index in [9.17, 15) is 4.79 Å². The van der Waals surface area contributed by atoms with Gasteiger partial charge in [0, 0.05) is 6.20 Å². The second kappa shape index (κ2) is 5.21. The van der Waals surface area contributed by atoms with Crippen LogP contribution >= 0.6 is 0 Å². The van der Waals surface area contributed by atoms with Crippen LogP contribution in [0.4, 0.5) is 5.82 Å². The number of nitrogens with zero attached hydrogens (tertiary/aromatic N) is 2. The van der Waals surface area contributed by atoms with Crippen molar-refractivity contribution >= 4 is 11.7 Å². The molecule has 0 radical (unpaired) electrons. The molecule has 0 atom stereocenters. The van der Waals surface area contributed by atoms with Crippen LogP contribution in [0.1, 0.15) is 6.92 Å². The molecule has 0 bridgehead atoms. The molecule has 1 aromatic heterocycles. The molecule has 1 rings (SSSR count). The normalized spacial score (nSPS) is 9.62. The number of amides is 1. The quantitative estimate of drug-likeness (QED) is 0.685. The number of hydrogen-bond donors (Lipinski definition) is 2. The highest BCUT2D eigenvalue weighted by Crippen LogP contribution is 1.96. The maximum absolute atomic E-state index is 11.1. The van der Waals surface area contributed by atoms with E-state index >= 15 is 0 Å². The van der Waals surface area contributed by atoms with Gasteiger partial charge in [-0.3, -0.25) is 4.79 Å². The first kappa shape index (κ1) is 9.60. The summed E-state index contributed by atoms with van der Waals surface area (Å²) in [6.07, 6.45) is 1.56. The first-order valence-electron chi connectivity index (χ1n) is 4.11. The Morgan fingerprint density at radius 3 is 3.08 bits per heavy atom. The first-order valence-corrected chi connectivity index (χ1v) is 4.11. The van der Waals surface area contributed by atoms with Gasteiger partial charge in [-0.1, -0.05) is 6.92 Å².